The van der Waals surface area contributed by atoms with Gasteiger partial charge < -0.3 is 9.63 Å². The average molecular weight is 147 g/mol. The van der Waals surface area contributed by atoms with Crippen LogP contribution in [0.1, 0.15) is 19.8 Å². The average Bonchev–Trinajstić information content (AvgIpc) is 1.79. The van der Waals surface area contributed by atoms with Crippen LogP contribution in [-0.2, 0) is 9.63 Å². The van der Waals surface area contributed by atoms with Crippen molar-refractivity contribution in [2.45, 2.75) is 19.8 Å². The van der Waals surface area contributed by atoms with E-state index in [0.29, 0.717) is 12.8 Å². The Morgan fingerprint density at radius 2 is 2.30 bits per heavy atom. The molecule has 0 aliphatic carbocycles. The van der Waals surface area contributed by atoms with Gasteiger partial charge >= 0.3 is 0 Å². The lowest BCUT2D eigenvalue weighted by Gasteiger charge is -1.94. The zero-order valence-electron chi connectivity index (χ0n) is 5.70. The first-order chi connectivity index (χ1) is 4.63. The maximum Gasteiger partial charge on any atom is 0.294 e. The molecule has 0 atom stereocenters. The Labute approximate surface area is 58.1 Å². The molecule has 0 rings (SSSR count). The topological polar surface area (TPSA) is 69.4 Å². The Kier molecular flexibility index (Phi) is 4.19. The molecular formula is C5H9NO4. The third-order valence-corrected chi connectivity index (χ3v) is 0.870. The molecule has 0 saturated heterocycles. The Hall–Kier alpha value is -1.13. The minimum atomic E-state index is -0.861. The van der Waals surface area contributed by atoms with Gasteiger partial charge in [0.25, 0.3) is 5.09 Å². The highest BCUT2D eigenvalue weighted by Crippen LogP contribution is 1.90. The molecular weight excluding hydrogens is 138 g/mol. The van der Waals surface area contributed by atoms with Crippen molar-refractivity contribution in [3.8, 4) is 0 Å². The monoisotopic (exact) mass is 147 g/mol. The van der Waals surface area contributed by atoms with E-state index in [0.717, 1.165) is 0 Å². The SMILES string of the molecule is CC(=O)CCCO[N+](=O)[O-]. The number of hydrogen-bond acceptors (Lipinski definition) is 4. The molecule has 0 spiro atoms. The number of ketones is 1. The lowest BCUT2D eigenvalue weighted by molar-refractivity contribution is -0.757. The smallest absolute Gasteiger partial charge is 0.294 e. The summed E-state index contributed by atoms with van der Waals surface area (Å²) in [4.78, 5) is 23.8. The Morgan fingerprint density at radius 3 is 2.70 bits per heavy atom. The Bertz CT molecular complexity index is 118. The number of Topliss-reactive ketones (excluding diaryl/α,β-unsaturated/α-hetero) is 1. The molecule has 0 aliphatic rings. The van der Waals surface area contributed by atoms with E-state index < -0.39 is 5.09 Å². The first-order valence-electron chi connectivity index (χ1n) is 2.89. The van der Waals surface area contributed by atoms with Crippen molar-refractivity contribution in [2.75, 3.05) is 6.61 Å². The second kappa shape index (κ2) is 4.72. The van der Waals surface area contributed by atoms with Crippen molar-refractivity contribution >= 4 is 5.78 Å². The van der Waals surface area contributed by atoms with Crippen LogP contribution in [0.5, 0.6) is 0 Å². The summed E-state index contributed by atoms with van der Waals surface area (Å²) in [7, 11) is 0. The molecule has 0 unspecified atom stereocenters. The zero-order valence-corrected chi connectivity index (χ0v) is 5.70. The third-order valence-electron chi connectivity index (χ3n) is 0.870. The van der Waals surface area contributed by atoms with Crippen molar-refractivity contribution in [1.29, 1.82) is 0 Å². The van der Waals surface area contributed by atoms with E-state index in [1.165, 1.54) is 6.92 Å². The van der Waals surface area contributed by atoms with Gasteiger partial charge in [0.05, 0.1) is 6.61 Å². The van der Waals surface area contributed by atoms with Crippen LogP contribution < -0.4 is 0 Å². The molecule has 0 radical (unpaired) electrons. The fraction of sp³-hybridized carbons (Fsp3) is 0.800. The summed E-state index contributed by atoms with van der Waals surface area (Å²) in [5, 5.41) is 8.68. The minimum Gasteiger partial charge on any atom is -0.314 e. The summed E-state index contributed by atoms with van der Waals surface area (Å²) in [6.07, 6.45) is 0.754. The predicted molar refractivity (Wildman–Crippen MR) is 32.9 cm³/mol. The largest absolute Gasteiger partial charge is 0.314 e. The molecule has 0 aromatic carbocycles. The highest BCUT2D eigenvalue weighted by Gasteiger charge is 1.95. The highest BCUT2D eigenvalue weighted by atomic mass is 16.9. The quantitative estimate of drug-likeness (QED) is 0.323. The van der Waals surface area contributed by atoms with E-state index in [1.807, 2.05) is 0 Å². The molecule has 0 aliphatic heterocycles. The summed E-state index contributed by atoms with van der Waals surface area (Å²) < 4.78 is 0. The molecule has 58 valence electrons. The predicted octanol–water partition coefficient (Wildman–Crippen LogP) is 0.564. The van der Waals surface area contributed by atoms with Crippen LogP contribution in [0.25, 0.3) is 0 Å². The maximum absolute atomic E-state index is 10.3. The number of carbonyl (C=O) groups excluding carboxylic acids is 1. The molecule has 0 heterocycles. The molecule has 0 bridgehead atoms. The Morgan fingerprint density at radius 1 is 1.70 bits per heavy atom. The summed E-state index contributed by atoms with van der Waals surface area (Å²) in [6, 6.07) is 0. The van der Waals surface area contributed by atoms with Crippen molar-refractivity contribution in [1.82, 2.24) is 0 Å². The van der Waals surface area contributed by atoms with Crippen LogP contribution in [0.2, 0.25) is 0 Å². The molecule has 10 heavy (non-hydrogen) atoms. The van der Waals surface area contributed by atoms with E-state index in [-0.39, 0.29) is 12.4 Å². The van der Waals surface area contributed by atoms with Crippen LogP contribution >= 0.6 is 0 Å². The molecule has 0 fully saturated rings. The highest BCUT2D eigenvalue weighted by molar-refractivity contribution is 5.75. The molecule has 5 nitrogen and oxygen atoms in total. The van der Waals surface area contributed by atoms with Gasteiger partial charge in [0.2, 0.25) is 0 Å². The van der Waals surface area contributed by atoms with Gasteiger partial charge in [-0.25, -0.2) is 0 Å². The van der Waals surface area contributed by atoms with Gasteiger partial charge in [-0.15, -0.1) is 10.1 Å². The number of carbonyl (C=O) groups is 1. The van der Waals surface area contributed by atoms with Crippen molar-refractivity contribution in [2.24, 2.45) is 0 Å². The molecule has 0 saturated carbocycles. The van der Waals surface area contributed by atoms with Gasteiger partial charge in [-0.05, 0) is 13.3 Å². The number of rotatable bonds is 5. The molecule has 0 aromatic rings. The van der Waals surface area contributed by atoms with Crippen LogP contribution in [0, 0.1) is 10.1 Å². The van der Waals surface area contributed by atoms with Gasteiger partial charge in [0, 0.05) is 6.42 Å². The lowest BCUT2D eigenvalue weighted by Crippen LogP contribution is -2.03. The van der Waals surface area contributed by atoms with Gasteiger partial charge in [0.15, 0.2) is 0 Å². The van der Waals surface area contributed by atoms with Crippen molar-refractivity contribution in [3.05, 3.63) is 10.1 Å². The summed E-state index contributed by atoms with van der Waals surface area (Å²) in [6.45, 7) is 1.44. The van der Waals surface area contributed by atoms with E-state index >= 15 is 0 Å². The van der Waals surface area contributed by atoms with Crippen LogP contribution in [0.3, 0.4) is 0 Å². The van der Waals surface area contributed by atoms with E-state index in [2.05, 4.69) is 4.84 Å². The Balaban J connectivity index is 3.06. The van der Waals surface area contributed by atoms with Gasteiger partial charge in [-0.2, -0.15) is 0 Å². The molecule has 0 amide bonds. The summed E-state index contributed by atoms with van der Waals surface area (Å²) >= 11 is 0. The van der Waals surface area contributed by atoms with Crippen LogP contribution in [-0.4, -0.2) is 17.5 Å². The standard InChI is InChI=1S/C5H9NO4/c1-5(7)3-2-4-10-6(8)9/h2-4H2,1H3. The summed E-state index contributed by atoms with van der Waals surface area (Å²) in [5.74, 6) is 0.0203. The first kappa shape index (κ1) is 8.87. The number of hydrogen-bond donors (Lipinski definition) is 0. The van der Waals surface area contributed by atoms with E-state index in [1.54, 1.807) is 0 Å². The first-order valence-corrected chi connectivity index (χ1v) is 2.89. The fourth-order valence-corrected chi connectivity index (χ4v) is 0.460. The van der Waals surface area contributed by atoms with Gasteiger partial charge in [0.1, 0.15) is 5.78 Å². The fourth-order valence-electron chi connectivity index (χ4n) is 0.460. The second-order valence-corrected chi connectivity index (χ2v) is 1.86. The third kappa shape index (κ3) is 6.87. The van der Waals surface area contributed by atoms with E-state index in [4.69, 9.17) is 0 Å². The normalized spacial score (nSPS) is 8.90. The molecule has 5 heteroatoms. The molecule has 0 aromatic heterocycles. The number of nitrogens with zero attached hydrogens (tertiary/aromatic N) is 1. The summed E-state index contributed by atoms with van der Waals surface area (Å²) in [5.41, 5.74) is 0. The van der Waals surface area contributed by atoms with Crippen LogP contribution in [0.4, 0.5) is 0 Å². The van der Waals surface area contributed by atoms with Gasteiger partial charge in [-0.3, -0.25) is 0 Å². The lowest BCUT2D eigenvalue weighted by atomic mass is 10.2. The van der Waals surface area contributed by atoms with E-state index in [9.17, 15) is 14.9 Å². The van der Waals surface area contributed by atoms with Gasteiger partial charge in [-0.1, -0.05) is 0 Å². The van der Waals surface area contributed by atoms with Crippen LogP contribution in [0.15, 0.2) is 0 Å². The second-order valence-electron chi connectivity index (χ2n) is 1.86. The minimum absolute atomic E-state index is 0.00653. The molecule has 0 N–H and O–H groups in total. The zero-order chi connectivity index (χ0) is 7.98. The maximum atomic E-state index is 10.3. The van der Waals surface area contributed by atoms with Crippen molar-refractivity contribution in [3.63, 3.8) is 0 Å². The van der Waals surface area contributed by atoms with Crippen molar-refractivity contribution < 1.29 is 14.7 Å².